The summed E-state index contributed by atoms with van der Waals surface area (Å²) in [5.41, 5.74) is 7.51. The van der Waals surface area contributed by atoms with Crippen molar-refractivity contribution in [1.29, 1.82) is 0 Å². The molecule has 0 saturated heterocycles. The molecule has 0 atom stereocenters. The van der Waals surface area contributed by atoms with Gasteiger partial charge in [-0.05, 0) is 36.6 Å². The lowest BCUT2D eigenvalue weighted by Gasteiger charge is -2.05. The third-order valence-electron chi connectivity index (χ3n) is 3.03. The number of ketones is 1. The van der Waals surface area contributed by atoms with Crippen molar-refractivity contribution in [2.75, 3.05) is 5.73 Å². The Hall–Kier alpha value is -2.16. The fourth-order valence-electron chi connectivity index (χ4n) is 2.00. The Balaban J connectivity index is 1.93. The highest BCUT2D eigenvalue weighted by atomic mass is 19.1. The normalized spacial score (nSPS) is 10.4. The van der Waals surface area contributed by atoms with Crippen LogP contribution < -0.4 is 5.73 Å². The molecule has 0 fully saturated rings. The summed E-state index contributed by atoms with van der Waals surface area (Å²) in [7, 11) is 0. The molecule has 3 heteroatoms. The Bertz CT molecular complexity index is 566. The molecule has 2 nitrogen and oxygen atoms in total. The topological polar surface area (TPSA) is 43.1 Å². The van der Waals surface area contributed by atoms with Crippen LogP contribution in [0.2, 0.25) is 0 Å². The van der Waals surface area contributed by atoms with E-state index < -0.39 is 5.82 Å². The molecule has 0 aromatic heterocycles. The van der Waals surface area contributed by atoms with Gasteiger partial charge >= 0.3 is 0 Å². The molecule has 0 aliphatic heterocycles. The molecule has 0 aliphatic rings. The number of carbonyl (C=O) groups excluding carboxylic acids is 1. The number of Topliss-reactive ketones (excluding diaryl/α,β-unsaturated/α-hetero) is 1. The van der Waals surface area contributed by atoms with E-state index in [1.807, 2.05) is 30.3 Å². The second kappa shape index (κ2) is 6.14. The van der Waals surface area contributed by atoms with Crippen molar-refractivity contribution in [1.82, 2.24) is 0 Å². The number of carbonyl (C=O) groups is 1. The smallest absolute Gasteiger partial charge is 0.165 e. The van der Waals surface area contributed by atoms with Gasteiger partial charge in [-0.2, -0.15) is 0 Å². The number of hydrogen-bond acceptors (Lipinski definition) is 2. The predicted molar refractivity (Wildman–Crippen MR) is 74.5 cm³/mol. The van der Waals surface area contributed by atoms with E-state index in [1.165, 1.54) is 23.8 Å². The third kappa shape index (κ3) is 3.65. The average Bonchev–Trinajstić information content (AvgIpc) is 2.42. The lowest BCUT2D eigenvalue weighted by atomic mass is 10.0. The lowest BCUT2D eigenvalue weighted by Crippen LogP contribution is -2.05. The molecule has 2 rings (SSSR count). The summed E-state index contributed by atoms with van der Waals surface area (Å²) in [5.74, 6) is -0.534. The van der Waals surface area contributed by atoms with Crippen LogP contribution in [0.15, 0.2) is 48.5 Å². The Kier molecular flexibility index (Phi) is 4.29. The number of rotatable bonds is 5. The number of halogens is 1. The number of benzene rings is 2. The molecule has 2 aromatic rings. The molecular formula is C16H16FNO. The van der Waals surface area contributed by atoms with Gasteiger partial charge in [0.2, 0.25) is 0 Å². The van der Waals surface area contributed by atoms with Crippen molar-refractivity contribution in [3.8, 4) is 0 Å². The van der Waals surface area contributed by atoms with Gasteiger partial charge in [0.15, 0.2) is 5.78 Å². The largest absolute Gasteiger partial charge is 0.398 e. The SMILES string of the molecule is Nc1ccc(F)cc1C(=O)CCCc1ccccc1. The zero-order valence-electron chi connectivity index (χ0n) is 10.6. The van der Waals surface area contributed by atoms with E-state index in [-0.39, 0.29) is 11.3 Å². The molecule has 0 unspecified atom stereocenters. The summed E-state index contributed by atoms with van der Waals surface area (Å²) in [4.78, 5) is 12.0. The number of hydrogen-bond donors (Lipinski definition) is 1. The van der Waals surface area contributed by atoms with Gasteiger partial charge in [0.05, 0.1) is 0 Å². The van der Waals surface area contributed by atoms with Crippen LogP contribution in [0, 0.1) is 5.82 Å². The third-order valence-corrected chi connectivity index (χ3v) is 3.03. The Labute approximate surface area is 112 Å². The summed E-state index contributed by atoms with van der Waals surface area (Å²) >= 11 is 0. The Morgan fingerprint density at radius 1 is 1.11 bits per heavy atom. The molecule has 2 aromatic carbocycles. The van der Waals surface area contributed by atoms with Gasteiger partial charge in [0.25, 0.3) is 0 Å². The van der Waals surface area contributed by atoms with Crippen LogP contribution in [0.4, 0.5) is 10.1 Å². The van der Waals surface area contributed by atoms with Gasteiger partial charge in [0, 0.05) is 17.7 Å². The Morgan fingerprint density at radius 2 is 1.84 bits per heavy atom. The first-order valence-corrected chi connectivity index (χ1v) is 6.29. The summed E-state index contributed by atoms with van der Waals surface area (Å²) in [5, 5.41) is 0. The van der Waals surface area contributed by atoms with Gasteiger partial charge in [-0.25, -0.2) is 4.39 Å². The molecule has 0 spiro atoms. The van der Waals surface area contributed by atoms with E-state index in [1.54, 1.807) is 0 Å². The van der Waals surface area contributed by atoms with E-state index in [2.05, 4.69) is 0 Å². The van der Waals surface area contributed by atoms with Gasteiger partial charge in [-0.1, -0.05) is 30.3 Å². The maximum atomic E-state index is 13.1. The maximum Gasteiger partial charge on any atom is 0.165 e. The minimum Gasteiger partial charge on any atom is -0.398 e. The second-order valence-corrected chi connectivity index (χ2v) is 4.49. The van der Waals surface area contributed by atoms with Crippen molar-refractivity contribution in [2.45, 2.75) is 19.3 Å². The number of nitrogen functional groups attached to an aromatic ring is 1. The fourth-order valence-corrected chi connectivity index (χ4v) is 2.00. The second-order valence-electron chi connectivity index (χ2n) is 4.49. The summed E-state index contributed by atoms with van der Waals surface area (Å²) in [6.45, 7) is 0. The first-order valence-electron chi connectivity index (χ1n) is 6.29. The summed E-state index contributed by atoms with van der Waals surface area (Å²) < 4.78 is 13.1. The molecule has 19 heavy (non-hydrogen) atoms. The molecule has 0 heterocycles. The van der Waals surface area contributed by atoms with Crippen LogP contribution in [0.1, 0.15) is 28.8 Å². The van der Waals surface area contributed by atoms with E-state index >= 15 is 0 Å². The van der Waals surface area contributed by atoms with Crippen molar-refractivity contribution in [2.24, 2.45) is 0 Å². The number of nitrogens with two attached hydrogens (primary N) is 1. The van der Waals surface area contributed by atoms with Crippen LogP contribution >= 0.6 is 0 Å². The van der Waals surface area contributed by atoms with E-state index in [0.29, 0.717) is 12.1 Å². The average molecular weight is 257 g/mol. The quantitative estimate of drug-likeness (QED) is 0.656. The predicted octanol–water partition coefficient (Wildman–Crippen LogP) is 3.61. The highest BCUT2D eigenvalue weighted by Gasteiger charge is 2.10. The molecule has 2 N–H and O–H groups in total. The van der Waals surface area contributed by atoms with Gasteiger partial charge in [0.1, 0.15) is 5.82 Å². The van der Waals surface area contributed by atoms with Crippen molar-refractivity contribution in [3.63, 3.8) is 0 Å². The first-order chi connectivity index (χ1) is 9.16. The van der Waals surface area contributed by atoms with Gasteiger partial charge in [-0.15, -0.1) is 0 Å². The van der Waals surface area contributed by atoms with Crippen LogP contribution in [0.3, 0.4) is 0 Å². The van der Waals surface area contributed by atoms with Gasteiger partial charge < -0.3 is 5.73 Å². The zero-order chi connectivity index (χ0) is 13.7. The van der Waals surface area contributed by atoms with E-state index in [9.17, 15) is 9.18 Å². The standard InChI is InChI=1S/C16H16FNO/c17-13-9-10-15(18)14(11-13)16(19)8-4-7-12-5-2-1-3-6-12/h1-3,5-6,9-11H,4,7-8,18H2. The first kappa shape index (κ1) is 13.3. The molecule has 0 bridgehead atoms. The molecule has 98 valence electrons. The molecule has 0 aliphatic carbocycles. The zero-order valence-corrected chi connectivity index (χ0v) is 10.6. The fraction of sp³-hybridized carbons (Fsp3) is 0.188. The van der Waals surface area contributed by atoms with Crippen molar-refractivity contribution < 1.29 is 9.18 Å². The summed E-state index contributed by atoms with van der Waals surface area (Å²) in [6.07, 6.45) is 1.95. The minimum atomic E-state index is -0.430. The Morgan fingerprint density at radius 3 is 2.58 bits per heavy atom. The molecule has 0 radical (unpaired) electrons. The number of anilines is 1. The van der Waals surface area contributed by atoms with Crippen LogP contribution in [0.25, 0.3) is 0 Å². The monoisotopic (exact) mass is 257 g/mol. The van der Waals surface area contributed by atoms with Crippen LogP contribution in [0.5, 0.6) is 0 Å². The minimum absolute atomic E-state index is 0.104. The van der Waals surface area contributed by atoms with E-state index in [0.717, 1.165) is 12.8 Å². The van der Waals surface area contributed by atoms with Crippen molar-refractivity contribution in [3.05, 3.63) is 65.5 Å². The lowest BCUT2D eigenvalue weighted by molar-refractivity contribution is 0.0980. The van der Waals surface area contributed by atoms with Crippen LogP contribution in [-0.4, -0.2) is 5.78 Å². The molecule has 0 amide bonds. The van der Waals surface area contributed by atoms with Crippen molar-refractivity contribution >= 4 is 11.5 Å². The summed E-state index contributed by atoms with van der Waals surface area (Å²) in [6, 6.07) is 13.9. The number of aryl methyl sites for hydroxylation is 1. The molecule has 0 saturated carbocycles. The highest BCUT2D eigenvalue weighted by molar-refractivity contribution is 6.00. The maximum absolute atomic E-state index is 13.1. The van der Waals surface area contributed by atoms with E-state index in [4.69, 9.17) is 5.73 Å². The highest BCUT2D eigenvalue weighted by Crippen LogP contribution is 2.17. The van der Waals surface area contributed by atoms with Crippen LogP contribution in [-0.2, 0) is 6.42 Å². The molecular weight excluding hydrogens is 241 g/mol. The van der Waals surface area contributed by atoms with Gasteiger partial charge in [-0.3, -0.25) is 4.79 Å².